The molecule has 2 aromatic carbocycles. The molecule has 30 heavy (non-hydrogen) atoms. The Kier molecular flexibility index (Phi) is 4.96. The minimum Gasteiger partial charge on any atom is -0.492 e. The number of hydrogen-bond donors (Lipinski definition) is 2. The van der Waals surface area contributed by atoms with Gasteiger partial charge in [0.25, 0.3) is 5.56 Å². The second-order valence-corrected chi connectivity index (χ2v) is 7.95. The lowest BCUT2D eigenvalue weighted by Gasteiger charge is -2.32. The second kappa shape index (κ2) is 7.91. The van der Waals surface area contributed by atoms with Crippen LogP contribution in [-0.4, -0.2) is 50.6 Å². The molecule has 154 valence electrons. The molecule has 2 aromatic heterocycles. The Balaban J connectivity index is 1.38. The molecule has 1 fully saturated rings. The number of aromatic nitrogens is 4. The first-order chi connectivity index (χ1) is 14.7. The minimum absolute atomic E-state index is 0.264. The summed E-state index contributed by atoms with van der Waals surface area (Å²) in [6, 6.07) is 13.6. The highest BCUT2D eigenvalue weighted by Gasteiger charge is 2.17. The third kappa shape index (κ3) is 3.68. The fourth-order valence-electron chi connectivity index (χ4n) is 4.06. The highest BCUT2D eigenvalue weighted by atomic mass is 16.5. The third-order valence-electron chi connectivity index (χ3n) is 5.78. The van der Waals surface area contributed by atoms with Gasteiger partial charge in [-0.05, 0) is 57.1 Å². The first-order valence-corrected chi connectivity index (χ1v) is 10.5. The normalized spacial score (nSPS) is 16.2. The summed E-state index contributed by atoms with van der Waals surface area (Å²) in [5, 5.41) is 0. The molecule has 0 saturated carbocycles. The standard InChI is InChI=1S/C23H25N5O2/c1-15(28-11-5-2-6-12-28)14-30-16-9-10-19-20(13-16)26-22(25-19)21-23(29)27-18-8-4-3-7-17(18)24-21/h3-4,7-10,13,15H,2,5-6,11-12,14H2,1H3,(H,25,26)(H,27,29). The lowest BCUT2D eigenvalue weighted by Crippen LogP contribution is -2.40. The topological polar surface area (TPSA) is 86.9 Å². The van der Waals surface area contributed by atoms with Crippen molar-refractivity contribution in [2.45, 2.75) is 32.2 Å². The quantitative estimate of drug-likeness (QED) is 0.530. The van der Waals surface area contributed by atoms with E-state index in [1.165, 1.54) is 19.3 Å². The van der Waals surface area contributed by atoms with Gasteiger partial charge in [0, 0.05) is 12.1 Å². The molecule has 1 unspecified atom stereocenters. The molecule has 2 N–H and O–H groups in total. The van der Waals surface area contributed by atoms with Gasteiger partial charge in [0.15, 0.2) is 11.5 Å². The smallest absolute Gasteiger partial charge is 0.278 e. The minimum atomic E-state index is -0.264. The summed E-state index contributed by atoms with van der Waals surface area (Å²) in [6.45, 7) is 5.18. The Labute approximate surface area is 174 Å². The van der Waals surface area contributed by atoms with Gasteiger partial charge < -0.3 is 14.7 Å². The van der Waals surface area contributed by atoms with Crippen molar-refractivity contribution in [2.24, 2.45) is 0 Å². The van der Waals surface area contributed by atoms with E-state index in [-0.39, 0.29) is 11.3 Å². The van der Waals surface area contributed by atoms with Crippen molar-refractivity contribution in [3.8, 4) is 17.3 Å². The number of para-hydroxylation sites is 2. The highest BCUT2D eigenvalue weighted by Crippen LogP contribution is 2.23. The van der Waals surface area contributed by atoms with Crippen molar-refractivity contribution in [2.75, 3.05) is 19.7 Å². The number of imidazole rings is 1. The number of likely N-dealkylation sites (tertiary alicyclic amines) is 1. The largest absolute Gasteiger partial charge is 0.492 e. The number of nitrogens with one attached hydrogen (secondary N) is 2. The van der Waals surface area contributed by atoms with Gasteiger partial charge in [-0.3, -0.25) is 9.69 Å². The van der Waals surface area contributed by atoms with E-state index < -0.39 is 0 Å². The van der Waals surface area contributed by atoms with Gasteiger partial charge in [-0.2, -0.15) is 0 Å². The van der Waals surface area contributed by atoms with E-state index >= 15 is 0 Å². The van der Waals surface area contributed by atoms with E-state index in [0.717, 1.165) is 35.4 Å². The van der Waals surface area contributed by atoms with E-state index in [2.05, 4.69) is 31.8 Å². The van der Waals surface area contributed by atoms with Gasteiger partial charge in [0.05, 0.1) is 22.1 Å². The summed E-state index contributed by atoms with van der Waals surface area (Å²) < 4.78 is 6.05. The molecular weight excluding hydrogens is 378 g/mol. The molecule has 7 heteroatoms. The highest BCUT2D eigenvalue weighted by molar-refractivity contribution is 5.81. The summed E-state index contributed by atoms with van der Waals surface area (Å²) in [5.74, 6) is 1.25. The van der Waals surface area contributed by atoms with Crippen LogP contribution in [0.25, 0.3) is 33.6 Å². The second-order valence-electron chi connectivity index (χ2n) is 7.95. The average Bonchev–Trinajstić information content (AvgIpc) is 3.20. The van der Waals surface area contributed by atoms with Crippen LogP contribution >= 0.6 is 0 Å². The number of ether oxygens (including phenoxy) is 1. The molecule has 1 atom stereocenters. The lowest BCUT2D eigenvalue weighted by molar-refractivity contribution is 0.125. The van der Waals surface area contributed by atoms with Crippen molar-refractivity contribution in [1.29, 1.82) is 0 Å². The monoisotopic (exact) mass is 403 g/mol. The molecule has 1 saturated heterocycles. The predicted octanol–water partition coefficient (Wildman–Crippen LogP) is 3.72. The number of H-pyrrole nitrogens is 2. The Morgan fingerprint density at radius 1 is 1.00 bits per heavy atom. The van der Waals surface area contributed by atoms with Crippen LogP contribution in [-0.2, 0) is 0 Å². The maximum atomic E-state index is 12.5. The molecule has 0 aliphatic carbocycles. The zero-order valence-electron chi connectivity index (χ0n) is 17.0. The van der Waals surface area contributed by atoms with Gasteiger partial charge in [-0.15, -0.1) is 0 Å². The molecule has 7 nitrogen and oxygen atoms in total. The maximum Gasteiger partial charge on any atom is 0.278 e. The lowest BCUT2D eigenvalue weighted by atomic mass is 10.1. The summed E-state index contributed by atoms with van der Waals surface area (Å²) in [5.41, 5.74) is 3.05. The average molecular weight is 403 g/mol. The summed E-state index contributed by atoms with van der Waals surface area (Å²) in [6.07, 6.45) is 3.88. The molecule has 4 aromatic rings. The van der Waals surface area contributed by atoms with Crippen LogP contribution in [0.3, 0.4) is 0 Å². The van der Waals surface area contributed by atoms with Crippen molar-refractivity contribution < 1.29 is 4.74 Å². The van der Waals surface area contributed by atoms with Crippen LogP contribution < -0.4 is 10.3 Å². The van der Waals surface area contributed by atoms with Gasteiger partial charge >= 0.3 is 0 Å². The molecule has 0 bridgehead atoms. The predicted molar refractivity (Wildman–Crippen MR) is 118 cm³/mol. The number of piperidine rings is 1. The zero-order valence-corrected chi connectivity index (χ0v) is 17.0. The number of aromatic amines is 2. The van der Waals surface area contributed by atoms with Crippen molar-refractivity contribution in [1.82, 2.24) is 24.8 Å². The summed E-state index contributed by atoms with van der Waals surface area (Å²) in [7, 11) is 0. The number of rotatable bonds is 5. The van der Waals surface area contributed by atoms with Crippen molar-refractivity contribution >= 4 is 22.1 Å². The first-order valence-electron chi connectivity index (χ1n) is 10.5. The van der Waals surface area contributed by atoms with Crippen molar-refractivity contribution in [3.63, 3.8) is 0 Å². The number of benzene rings is 2. The third-order valence-corrected chi connectivity index (χ3v) is 5.78. The first kappa shape index (κ1) is 18.8. The van der Waals surface area contributed by atoms with E-state index in [9.17, 15) is 4.79 Å². The Bertz CT molecular complexity index is 1240. The molecule has 0 spiro atoms. The van der Waals surface area contributed by atoms with Crippen molar-refractivity contribution in [3.05, 3.63) is 52.8 Å². The van der Waals surface area contributed by atoms with Crippen LogP contribution in [0.4, 0.5) is 0 Å². The maximum absolute atomic E-state index is 12.5. The number of nitrogens with zero attached hydrogens (tertiary/aromatic N) is 3. The van der Waals surface area contributed by atoms with Gasteiger partial charge in [-0.1, -0.05) is 18.6 Å². The van der Waals surface area contributed by atoms with Crippen LogP contribution in [0.15, 0.2) is 47.3 Å². The van der Waals surface area contributed by atoms with Gasteiger partial charge in [0.1, 0.15) is 12.4 Å². The van der Waals surface area contributed by atoms with E-state index in [0.29, 0.717) is 24.0 Å². The van der Waals surface area contributed by atoms with E-state index in [1.807, 2.05) is 42.5 Å². The van der Waals surface area contributed by atoms with E-state index in [4.69, 9.17) is 4.74 Å². The number of hydrogen-bond acceptors (Lipinski definition) is 5. The Hall–Kier alpha value is -3.19. The fourth-order valence-corrected chi connectivity index (χ4v) is 4.06. The molecular formula is C23H25N5O2. The van der Waals surface area contributed by atoms with Crippen LogP contribution in [0, 0.1) is 0 Å². The number of fused-ring (bicyclic) bond motifs is 2. The zero-order chi connectivity index (χ0) is 20.5. The molecule has 5 rings (SSSR count). The Morgan fingerprint density at radius 2 is 1.80 bits per heavy atom. The van der Waals surface area contributed by atoms with Gasteiger partial charge in [-0.25, -0.2) is 9.97 Å². The summed E-state index contributed by atoms with van der Waals surface area (Å²) >= 11 is 0. The Morgan fingerprint density at radius 3 is 2.67 bits per heavy atom. The van der Waals surface area contributed by atoms with Crippen LogP contribution in [0.5, 0.6) is 5.75 Å². The summed E-state index contributed by atoms with van der Waals surface area (Å²) in [4.78, 5) is 30.1. The molecule has 1 aliphatic rings. The molecule has 0 radical (unpaired) electrons. The van der Waals surface area contributed by atoms with E-state index in [1.54, 1.807) is 0 Å². The molecule has 0 amide bonds. The SMILES string of the molecule is CC(COc1ccc2nc(-c3nc4ccccc4[nH]c3=O)[nH]c2c1)N1CCCCC1. The molecule has 3 heterocycles. The van der Waals surface area contributed by atoms with Crippen LogP contribution in [0.1, 0.15) is 26.2 Å². The van der Waals surface area contributed by atoms with Gasteiger partial charge in [0.2, 0.25) is 0 Å². The van der Waals surface area contributed by atoms with Crippen LogP contribution in [0.2, 0.25) is 0 Å². The molecule has 1 aliphatic heterocycles. The fraction of sp³-hybridized carbons (Fsp3) is 0.348.